The van der Waals surface area contributed by atoms with Gasteiger partial charge in [0.15, 0.2) is 5.13 Å². The Labute approximate surface area is 186 Å². The van der Waals surface area contributed by atoms with E-state index >= 15 is 0 Å². The van der Waals surface area contributed by atoms with E-state index in [2.05, 4.69) is 31.0 Å². The van der Waals surface area contributed by atoms with Crippen LogP contribution in [0, 0.1) is 19.8 Å². The van der Waals surface area contributed by atoms with Crippen LogP contribution in [0.5, 0.6) is 0 Å². The number of sulfonamides is 1. The highest BCUT2D eigenvalue weighted by Crippen LogP contribution is 2.33. The zero-order chi connectivity index (χ0) is 22.2. The number of pyridine rings is 1. The smallest absolute Gasteiger partial charge is 0.232 e. The van der Waals surface area contributed by atoms with Gasteiger partial charge in [-0.1, -0.05) is 17.4 Å². The van der Waals surface area contributed by atoms with E-state index in [-0.39, 0.29) is 11.8 Å². The second-order valence-electron chi connectivity index (χ2n) is 8.08. The van der Waals surface area contributed by atoms with Crippen molar-refractivity contribution in [3.8, 4) is 0 Å². The molecule has 9 heteroatoms. The van der Waals surface area contributed by atoms with Gasteiger partial charge in [0.05, 0.1) is 28.7 Å². The van der Waals surface area contributed by atoms with Crippen molar-refractivity contribution in [2.24, 2.45) is 5.92 Å². The van der Waals surface area contributed by atoms with Gasteiger partial charge in [0.25, 0.3) is 0 Å². The molecule has 0 spiro atoms. The first-order valence-corrected chi connectivity index (χ1v) is 12.9. The van der Waals surface area contributed by atoms with Crippen LogP contribution in [-0.2, 0) is 21.4 Å². The van der Waals surface area contributed by atoms with Gasteiger partial charge in [0.2, 0.25) is 15.9 Å². The molecule has 3 heterocycles. The average Bonchev–Trinajstić information content (AvgIpc) is 3.14. The summed E-state index contributed by atoms with van der Waals surface area (Å²) in [5, 5.41) is 0.654. The molecule has 164 valence electrons. The molecule has 1 aliphatic rings. The normalized spacial score (nSPS) is 16.0. The summed E-state index contributed by atoms with van der Waals surface area (Å²) in [6.45, 7) is 5.19. The molecule has 31 heavy (non-hydrogen) atoms. The number of carbonyl (C=O) groups is 1. The predicted molar refractivity (Wildman–Crippen MR) is 124 cm³/mol. The molecule has 2 aromatic heterocycles. The molecule has 1 aromatic carbocycles. The molecule has 3 aromatic rings. The highest BCUT2D eigenvalue weighted by Gasteiger charge is 2.33. The van der Waals surface area contributed by atoms with Crippen LogP contribution in [0.25, 0.3) is 10.2 Å². The third-order valence-electron chi connectivity index (χ3n) is 5.81. The van der Waals surface area contributed by atoms with Gasteiger partial charge in [0, 0.05) is 25.2 Å². The maximum atomic E-state index is 13.6. The lowest BCUT2D eigenvalue weighted by molar-refractivity contribution is -0.123. The van der Waals surface area contributed by atoms with Crippen molar-refractivity contribution in [3.63, 3.8) is 0 Å². The van der Waals surface area contributed by atoms with E-state index in [4.69, 9.17) is 4.98 Å². The van der Waals surface area contributed by atoms with Crippen LogP contribution in [0.1, 0.15) is 29.7 Å². The highest BCUT2D eigenvalue weighted by molar-refractivity contribution is 7.88. The fourth-order valence-electron chi connectivity index (χ4n) is 3.83. The number of aryl methyl sites for hydroxylation is 2. The van der Waals surface area contributed by atoms with E-state index in [1.165, 1.54) is 33.0 Å². The SMILES string of the molecule is Cc1cc2nc(N(Cc3ccccn3)C(=O)C3CCN(S(C)(=O)=O)CC3)sc2cc1C. The number of fused-ring (bicyclic) bond motifs is 1. The number of anilines is 1. The van der Waals surface area contributed by atoms with Gasteiger partial charge in [-0.15, -0.1) is 0 Å². The number of amides is 1. The number of aromatic nitrogens is 2. The predicted octanol–water partition coefficient (Wildman–Crippen LogP) is 3.51. The van der Waals surface area contributed by atoms with Crippen LogP contribution in [0.15, 0.2) is 36.5 Å². The lowest BCUT2D eigenvalue weighted by Gasteiger charge is -2.32. The quantitative estimate of drug-likeness (QED) is 0.584. The van der Waals surface area contributed by atoms with E-state index in [0.29, 0.717) is 37.6 Å². The molecular weight excluding hydrogens is 432 g/mol. The van der Waals surface area contributed by atoms with E-state index < -0.39 is 10.0 Å². The van der Waals surface area contributed by atoms with Crippen molar-refractivity contribution in [1.29, 1.82) is 0 Å². The second kappa shape index (κ2) is 8.64. The molecule has 0 atom stereocenters. The van der Waals surface area contributed by atoms with Crippen molar-refractivity contribution < 1.29 is 13.2 Å². The summed E-state index contributed by atoms with van der Waals surface area (Å²) >= 11 is 1.50. The molecule has 4 rings (SSSR count). The summed E-state index contributed by atoms with van der Waals surface area (Å²) in [5.41, 5.74) is 4.03. The number of piperidine rings is 1. The van der Waals surface area contributed by atoms with Crippen molar-refractivity contribution in [2.75, 3.05) is 24.2 Å². The first kappa shape index (κ1) is 21.9. The minimum atomic E-state index is -3.23. The Balaban J connectivity index is 1.64. The Hall–Kier alpha value is -2.36. The molecule has 0 bridgehead atoms. The van der Waals surface area contributed by atoms with Gasteiger partial charge < -0.3 is 0 Å². The summed E-state index contributed by atoms with van der Waals surface area (Å²) in [6, 6.07) is 9.81. The molecule has 0 unspecified atom stereocenters. The average molecular weight is 459 g/mol. The largest absolute Gasteiger partial charge is 0.282 e. The van der Waals surface area contributed by atoms with Crippen molar-refractivity contribution in [3.05, 3.63) is 53.3 Å². The van der Waals surface area contributed by atoms with Gasteiger partial charge in [-0.05, 0) is 62.1 Å². The van der Waals surface area contributed by atoms with E-state index in [1.54, 1.807) is 11.1 Å². The Morgan fingerprint density at radius 1 is 1.19 bits per heavy atom. The number of benzene rings is 1. The second-order valence-corrected chi connectivity index (χ2v) is 11.1. The van der Waals surface area contributed by atoms with Gasteiger partial charge in [-0.25, -0.2) is 17.7 Å². The fourth-order valence-corrected chi connectivity index (χ4v) is 5.76. The number of hydrogen-bond acceptors (Lipinski definition) is 6. The molecule has 0 saturated carbocycles. The molecule has 1 saturated heterocycles. The van der Waals surface area contributed by atoms with Crippen LogP contribution in [-0.4, -0.2) is 47.9 Å². The number of hydrogen-bond donors (Lipinski definition) is 0. The summed E-state index contributed by atoms with van der Waals surface area (Å²) in [6.07, 6.45) is 3.95. The van der Waals surface area contributed by atoms with Crippen LogP contribution >= 0.6 is 11.3 Å². The Morgan fingerprint density at radius 2 is 1.90 bits per heavy atom. The van der Waals surface area contributed by atoms with Crippen LogP contribution in [0.3, 0.4) is 0 Å². The zero-order valence-corrected chi connectivity index (χ0v) is 19.5. The molecule has 0 N–H and O–H groups in total. The molecule has 1 aliphatic heterocycles. The molecular formula is C22H26N4O3S2. The zero-order valence-electron chi connectivity index (χ0n) is 17.9. The van der Waals surface area contributed by atoms with Crippen molar-refractivity contribution in [1.82, 2.24) is 14.3 Å². The molecule has 1 amide bonds. The molecule has 1 fully saturated rings. The number of nitrogens with zero attached hydrogens (tertiary/aromatic N) is 4. The van der Waals surface area contributed by atoms with Gasteiger partial charge >= 0.3 is 0 Å². The first-order valence-electron chi connectivity index (χ1n) is 10.3. The molecule has 0 radical (unpaired) electrons. The number of thiazole rings is 1. The minimum Gasteiger partial charge on any atom is -0.282 e. The third-order valence-corrected chi connectivity index (χ3v) is 8.15. The lowest BCUT2D eigenvalue weighted by Crippen LogP contribution is -2.44. The Kier molecular flexibility index (Phi) is 6.09. The number of rotatable bonds is 5. The fraction of sp³-hybridized carbons (Fsp3) is 0.409. The van der Waals surface area contributed by atoms with E-state index in [0.717, 1.165) is 15.9 Å². The van der Waals surface area contributed by atoms with Gasteiger partial charge in [-0.3, -0.25) is 14.7 Å². The minimum absolute atomic E-state index is 0.0219. The maximum absolute atomic E-state index is 13.6. The first-order chi connectivity index (χ1) is 14.7. The van der Waals surface area contributed by atoms with Gasteiger partial charge in [0.1, 0.15) is 0 Å². The standard InChI is InChI=1S/C22H26N4O3S2/c1-15-12-19-20(13-16(15)2)30-22(24-19)26(14-18-6-4-5-9-23-18)21(27)17-7-10-25(11-8-17)31(3,28)29/h4-6,9,12-13,17H,7-8,10-11,14H2,1-3H3. The number of carbonyl (C=O) groups excluding carboxylic acids is 1. The Morgan fingerprint density at radius 3 is 2.55 bits per heavy atom. The van der Waals surface area contributed by atoms with Crippen LogP contribution in [0.4, 0.5) is 5.13 Å². The highest BCUT2D eigenvalue weighted by atomic mass is 32.2. The third kappa shape index (κ3) is 4.78. The maximum Gasteiger partial charge on any atom is 0.232 e. The van der Waals surface area contributed by atoms with E-state index in [1.807, 2.05) is 18.2 Å². The topological polar surface area (TPSA) is 83.5 Å². The monoisotopic (exact) mass is 458 g/mol. The van der Waals surface area contributed by atoms with E-state index in [9.17, 15) is 13.2 Å². The van der Waals surface area contributed by atoms with Crippen molar-refractivity contribution >= 4 is 42.6 Å². The van der Waals surface area contributed by atoms with Crippen LogP contribution < -0.4 is 4.90 Å². The lowest BCUT2D eigenvalue weighted by atomic mass is 9.96. The summed E-state index contributed by atoms with van der Waals surface area (Å²) in [4.78, 5) is 24.5. The van der Waals surface area contributed by atoms with Gasteiger partial charge in [-0.2, -0.15) is 0 Å². The Bertz CT molecular complexity index is 1160. The van der Waals surface area contributed by atoms with Crippen molar-refractivity contribution in [2.45, 2.75) is 33.2 Å². The van der Waals surface area contributed by atoms with Crippen LogP contribution in [0.2, 0.25) is 0 Å². The summed E-state index contributed by atoms with van der Waals surface area (Å²) in [7, 11) is -3.23. The summed E-state index contributed by atoms with van der Waals surface area (Å²) in [5.74, 6) is -0.261. The molecule has 7 nitrogen and oxygen atoms in total. The summed E-state index contributed by atoms with van der Waals surface area (Å²) < 4.78 is 26.1. The molecule has 0 aliphatic carbocycles.